The second-order valence-corrected chi connectivity index (χ2v) is 13.0. The lowest BCUT2D eigenvalue weighted by Gasteiger charge is -2.47. The summed E-state index contributed by atoms with van der Waals surface area (Å²) in [6, 6.07) is 13.9. The van der Waals surface area contributed by atoms with Crippen LogP contribution in [0.1, 0.15) is 75.3 Å². The van der Waals surface area contributed by atoms with Gasteiger partial charge in [-0.3, -0.25) is 9.59 Å². The highest BCUT2D eigenvalue weighted by molar-refractivity contribution is 7.25. The van der Waals surface area contributed by atoms with Crippen LogP contribution >= 0.6 is 11.3 Å². The number of carboxylic acids is 2. The number of benzene rings is 2. The monoisotopic (exact) mass is 460 g/mol. The zero-order valence-corrected chi connectivity index (χ0v) is 19.5. The first-order chi connectivity index (χ1) is 15.7. The number of carboxylic acid groups (broad SMARTS) is 2. The maximum atomic E-state index is 11.3. The predicted octanol–water partition coefficient (Wildman–Crippen LogP) is 6.63. The highest BCUT2D eigenvalue weighted by atomic mass is 32.1. The van der Waals surface area contributed by atoms with Crippen molar-refractivity contribution in [3.05, 3.63) is 47.5 Å². The number of thiophene rings is 1. The molecule has 6 saturated carbocycles. The van der Waals surface area contributed by atoms with Crippen molar-refractivity contribution in [1.29, 1.82) is 0 Å². The molecule has 1 heterocycles. The molecule has 0 unspecified atom stereocenters. The summed E-state index contributed by atoms with van der Waals surface area (Å²) in [5, 5.41) is 21.2. The summed E-state index contributed by atoms with van der Waals surface area (Å²) in [4.78, 5) is 22.6. The van der Waals surface area contributed by atoms with Crippen molar-refractivity contribution in [1.82, 2.24) is 0 Å². The Kier molecular flexibility index (Phi) is 3.75. The van der Waals surface area contributed by atoms with Crippen molar-refractivity contribution in [3.63, 3.8) is 0 Å². The average molecular weight is 461 g/mol. The fourth-order valence-electron chi connectivity index (χ4n) is 8.69. The van der Waals surface area contributed by atoms with Crippen LogP contribution in [0.2, 0.25) is 0 Å². The summed E-state index contributed by atoms with van der Waals surface area (Å²) in [7, 11) is 0. The van der Waals surface area contributed by atoms with Crippen LogP contribution in [-0.2, 0) is 20.4 Å². The van der Waals surface area contributed by atoms with E-state index in [4.69, 9.17) is 0 Å². The molecule has 33 heavy (non-hydrogen) atoms. The summed E-state index contributed by atoms with van der Waals surface area (Å²) in [6.07, 6.45) is 9.01. The fourth-order valence-corrected chi connectivity index (χ4v) is 9.81. The number of carbonyl (C=O) groups is 2. The quantitative estimate of drug-likeness (QED) is 0.433. The van der Waals surface area contributed by atoms with Gasteiger partial charge in [-0.25, -0.2) is 0 Å². The van der Waals surface area contributed by atoms with Gasteiger partial charge < -0.3 is 10.2 Å². The zero-order chi connectivity index (χ0) is 22.6. The Hall–Kier alpha value is -2.40. The highest BCUT2D eigenvalue weighted by Gasteiger charge is 2.62. The third-order valence-corrected chi connectivity index (χ3v) is 11.0. The van der Waals surface area contributed by atoms with Crippen LogP contribution in [0.15, 0.2) is 36.4 Å². The Morgan fingerprint density at radius 1 is 0.697 bits per heavy atom. The number of hydrogen-bond acceptors (Lipinski definition) is 3. The molecule has 0 radical (unpaired) electrons. The molecule has 4 nitrogen and oxygen atoms in total. The molecular formula is C28H28O4S. The van der Waals surface area contributed by atoms with E-state index in [0.717, 1.165) is 51.4 Å². The van der Waals surface area contributed by atoms with Crippen LogP contribution < -0.4 is 0 Å². The minimum atomic E-state index is -0.658. The lowest BCUT2D eigenvalue weighted by Crippen LogP contribution is -2.41. The largest absolute Gasteiger partial charge is 0.481 e. The van der Waals surface area contributed by atoms with Gasteiger partial charge in [0.2, 0.25) is 0 Å². The van der Waals surface area contributed by atoms with E-state index < -0.39 is 11.9 Å². The topological polar surface area (TPSA) is 74.6 Å². The molecule has 0 atom stereocenters. The first kappa shape index (κ1) is 20.0. The van der Waals surface area contributed by atoms with E-state index in [1.165, 1.54) is 31.3 Å². The summed E-state index contributed by atoms with van der Waals surface area (Å²) in [5.41, 5.74) is 3.23. The van der Waals surface area contributed by atoms with Crippen molar-refractivity contribution in [2.75, 3.05) is 0 Å². The third kappa shape index (κ3) is 2.69. The Morgan fingerprint density at radius 2 is 1.24 bits per heavy atom. The van der Waals surface area contributed by atoms with Gasteiger partial charge in [0, 0.05) is 20.2 Å². The molecule has 6 fully saturated rings. The molecule has 0 saturated heterocycles. The maximum absolute atomic E-state index is 11.3. The molecule has 0 aliphatic heterocycles. The van der Waals surface area contributed by atoms with Crippen LogP contribution in [0.3, 0.4) is 0 Å². The second kappa shape index (κ2) is 6.18. The van der Waals surface area contributed by atoms with E-state index in [1.807, 2.05) is 11.3 Å². The fraction of sp³-hybridized carbons (Fsp3) is 0.500. The highest BCUT2D eigenvalue weighted by Crippen LogP contribution is 2.70. The van der Waals surface area contributed by atoms with Gasteiger partial charge in [0.1, 0.15) is 0 Å². The average Bonchev–Trinajstić information content (AvgIpc) is 3.49. The summed E-state index contributed by atoms with van der Waals surface area (Å²) >= 11 is 1.86. The Labute approximate surface area is 196 Å². The van der Waals surface area contributed by atoms with E-state index in [2.05, 4.69) is 36.4 Å². The summed E-state index contributed by atoms with van der Waals surface area (Å²) in [6.45, 7) is 0. The molecule has 5 heteroatoms. The van der Waals surface area contributed by atoms with E-state index in [1.54, 1.807) is 0 Å². The Balaban J connectivity index is 1.20. The minimum Gasteiger partial charge on any atom is -0.481 e. The smallest absolute Gasteiger partial charge is 0.303 e. The van der Waals surface area contributed by atoms with Crippen molar-refractivity contribution in [2.45, 2.75) is 75.0 Å². The van der Waals surface area contributed by atoms with Gasteiger partial charge in [-0.2, -0.15) is 0 Å². The second-order valence-electron chi connectivity index (χ2n) is 11.9. The summed E-state index contributed by atoms with van der Waals surface area (Å²) in [5.74, 6) is -1.32. The van der Waals surface area contributed by atoms with Crippen LogP contribution in [0.4, 0.5) is 0 Å². The molecule has 6 aliphatic rings. The van der Waals surface area contributed by atoms with Gasteiger partial charge in [-0.15, -0.1) is 11.3 Å². The molecule has 2 N–H and O–H groups in total. The van der Waals surface area contributed by atoms with Crippen LogP contribution in [0, 0.1) is 10.8 Å². The molecule has 2 aromatic carbocycles. The maximum Gasteiger partial charge on any atom is 0.303 e. The van der Waals surface area contributed by atoms with Crippen LogP contribution in [-0.4, -0.2) is 22.2 Å². The lowest BCUT2D eigenvalue weighted by molar-refractivity contribution is -0.142. The van der Waals surface area contributed by atoms with Crippen molar-refractivity contribution in [2.24, 2.45) is 10.8 Å². The molecule has 0 amide bonds. The standard InChI is InChI=1S/C28H28O4S/c29-23(30)11-25-5-7-27(13-25,14-25)17-2-4-21-20(9-17)19-3-1-18(10-22(19)33-21)28-8-6-26(15-28,16-28)12-24(31)32/h1-4,9-10H,5-8,11-16H2,(H,29,30)(H,31,32). The number of aliphatic carboxylic acids is 2. The lowest BCUT2D eigenvalue weighted by atomic mass is 9.56. The van der Waals surface area contributed by atoms with Gasteiger partial charge in [0.25, 0.3) is 0 Å². The van der Waals surface area contributed by atoms with Crippen LogP contribution in [0.25, 0.3) is 20.2 Å². The van der Waals surface area contributed by atoms with Gasteiger partial charge in [-0.1, -0.05) is 18.2 Å². The van der Waals surface area contributed by atoms with Crippen molar-refractivity contribution in [3.8, 4) is 0 Å². The van der Waals surface area contributed by atoms with E-state index >= 15 is 0 Å². The Morgan fingerprint density at radius 3 is 1.82 bits per heavy atom. The molecule has 170 valence electrons. The number of hydrogen-bond donors (Lipinski definition) is 2. The van der Waals surface area contributed by atoms with Crippen LogP contribution in [0.5, 0.6) is 0 Å². The first-order valence-corrected chi connectivity index (χ1v) is 13.0. The van der Waals surface area contributed by atoms with Gasteiger partial charge >= 0.3 is 11.9 Å². The van der Waals surface area contributed by atoms with Gasteiger partial charge in [0.05, 0.1) is 12.8 Å². The summed E-state index contributed by atoms with van der Waals surface area (Å²) < 4.78 is 2.64. The first-order valence-electron chi connectivity index (χ1n) is 12.1. The molecule has 1 aromatic heterocycles. The Bertz CT molecular complexity index is 1350. The molecule has 3 aromatic rings. The van der Waals surface area contributed by atoms with E-state index in [9.17, 15) is 19.8 Å². The van der Waals surface area contributed by atoms with E-state index in [0.29, 0.717) is 12.8 Å². The van der Waals surface area contributed by atoms with Gasteiger partial charge in [-0.05, 0) is 102 Å². The van der Waals surface area contributed by atoms with Crippen molar-refractivity contribution >= 4 is 43.4 Å². The predicted molar refractivity (Wildman–Crippen MR) is 129 cm³/mol. The normalized spacial score (nSPS) is 36.1. The minimum absolute atomic E-state index is 0.0334. The molecule has 9 rings (SSSR count). The van der Waals surface area contributed by atoms with Crippen molar-refractivity contribution < 1.29 is 19.8 Å². The zero-order valence-electron chi connectivity index (χ0n) is 18.7. The van der Waals surface area contributed by atoms with Gasteiger partial charge in [0.15, 0.2) is 0 Å². The molecule has 4 bridgehead atoms. The SMILES string of the molecule is O=C(O)CC12CCC(c3ccc4c(c3)sc3ccc(C56CCC(CC(=O)O)(C5)C6)cc34)(C1)C2. The number of rotatable bonds is 6. The molecule has 6 aliphatic carbocycles. The molecular weight excluding hydrogens is 432 g/mol. The number of fused-ring (bicyclic) bond motifs is 5. The van der Waals surface area contributed by atoms with E-state index in [-0.39, 0.29) is 21.7 Å². The third-order valence-electron chi connectivity index (χ3n) is 9.87. The molecule has 0 spiro atoms.